The van der Waals surface area contributed by atoms with E-state index < -0.39 is 0 Å². The van der Waals surface area contributed by atoms with Gasteiger partial charge in [0, 0.05) is 13.1 Å². The third-order valence-electron chi connectivity index (χ3n) is 3.08. The molecular formula is C14H15BrN2OS. The maximum atomic E-state index is 11.8. The van der Waals surface area contributed by atoms with E-state index in [1.54, 1.807) is 0 Å². The minimum Gasteiger partial charge on any atom is -0.351 e. The quantitative estimate of drug-likeness (QED) is 0.736. The number of amidine groups is 1. The molecule has 5 heteroatoms. The molecule has 0 aromatic heterocycles. The summed E-state index contributed by atoms with van der Waals surface area (Å²) in [5.41, 5.74) is 1.05. The molecule has 0 atom stereocenters. The summed E-state index contributed by atoms with van der Waals surface area (Å²) in [5, 5.41) is 0.875. The van der Waals surface area contributed by atoms with E-state index >= 15 is 0 Å². The molecule has 0 aliphatic carbocycles. The fourth-order valence-electron chi connectivity index (χ4n) is 2.14. The van der Waals surface area contributed by atoms with Gasteiger partial charge in [-0.1, -0.05) is 30.3 Å². The molecule has 2 heterocycles. The molecule has 3 nitrogen and oxygen atoms in total. The van der Waals surface area contributed by atoms with Gasteiger partial charge in [0.2, 0.25) is 0 Å². The SMILES string of the molecule is Br.O=C1N=C(N2CCCC2)SC1=Cc1ccccc1. The van der Waals surface area contributed by atoms with E-state index in [1.807, 2.05) is 36.4 Å². The zero-order valence-corrected chi connectivity index (χ0v) is 12.9. The van der Waals surface area contributed by atoms with Gasteiger partial charge in [-0.2, -0.15) is 4.99 Å². The normalized spacial score (nSPS) is 20.6. The van der Waals surface area contributed by atoms with Gasteiger partial charge in [-0.25, -0.2) is 0 Å². The Labute approximate surface area is 127 Å². The van der Waals surface area contributed by atoms with E-state index in [1.165, 1.54) is 24.6 Å². The number of nitrogens with zero attached hydrogens (tertiary/aromatic N) is 2. The van der Waals surface area contributed by atoms with E-state index in [-0.39, 0.29) is 22.9 Å². The van der Waals surface area contributed by atoms with Gasteiger partial charge in [0.1, 0.15) is 0 Å². The predicted molar refractivity (Wildman–Crippen MR) is 85.6 cm³/mol. The molecule has 1 amide bonds. The summed E-state index contributed by atoms with van der Waals surface area (Å²) < 4.78 is 0. The molecule has 0 radical (unpaired) electrons. The molecule has 2 aliphatic heterocycles. The molecule has 1 saturated heterocycles. The standard InChI is InChI=1S/C14H14N2OS.BrH/c17-13-12(10-11-6-2-1-3-7-11)18-14(15-13)16-8-4-5-9-16;/h1-3,6-7,10H,4-5,8-9H2;1H. The smallest absolute Gasteiger partial charge is 0.286 e. The van der Waals surface area contributed by atoms with Crippen molar-refractivity contribution in [2.75, 3.05) is 13.1 Å². The van der Waals surface area contributed by atoms with Crippen molar-refractivity contribution in [2.24, 2.45) is 4.99 Å². The monoisotopic (exact) mass is 338 g/mol. The predicted octanol–water partition coefficient (Wildman–Crippen LogP) is 3.33. The molecule has 0 unspecified atom stereocenters. The number of hydrogen-bond donors (Lipinski definition) is 0. The zero-order chi connectivity index (χ0) is 12.4. The molecule has 0 N–H and O–H groups in total. The summed E-state index contributed by atoms with van der Waals surface area (Å²) >= 11 is 1.50. The van der Waals surface area contributed by atoms with Gasteiger partial charge in [0.05, 0.1) is 4.91 Å². The Balaban J connectivity index is 0.00000133. The summed E-state index contributed by atoms with van der Waals surface area (Å²) in [6.45, 7) is 2.05. The first-order valence-electron chi connectivity index (χ1n) is 6.15. The molecule has 2 aliphatic rings. The highest BCUT2D eigenvalue weighted by Crippen LogP contribution is 2.31. The largest absolute Gasteiger partial charge is 0.351 e. The van der Waals surface area contributed by atoms with Crippen molar-refractivity contribution < 1.29 is 4.79 Å². The topological polar surface area (TPSA) is 32.7 Å². The van der Waals surface area contributed by atoms with Crippen LogP contribution in [0.5, 0.6) is 0 Å². The lowest BCUT2D eigenvalue weighted by Gasteiger charge is -2.14. The Morgan fingerprint density at radius 3 is 2.53 bits per heavy atom. The number of rotatable bonds is 1. The highest BCUT2D eigenvalue weighted by molar-refractivity contribution is 8.93. The summed E-state index contributed by atoms with van der Waals surface area (Å²) in [7, 11) is 0. The van der Waals surface area contributed by atoms with E-state index in [2.05, 4.69) is 9.89 Å². The van der Waals surface area contributed by atoms with Crippen LogP contribution in [0.2, 0.25) is 0 Å². The Morgan fingerprint density at radius 1 is 1.16 bits per heavy atom. The van der Waals surface area contributed by atoms with Gasteiger partial charge < -0.3 is 4.90 Å². The van der Waals surface area contributed by atoms with Gasteiger partial charge in [-0.05, 0) is 36.2 Å². The van der Waals surface area contributed by atoms with Crippen molar-refractivity contribution in [2.45, 2.75) is 12.8 Å². The van der Waals surface area contributed by atoms with Crippen molar-refractivity contribution in [3.05, 3.63) is 40.8 Å². The Bertz CT molecular complexity index is 522. The number of carbonyl (C=O) groups excluding carboxylic acids is 1. The van der Waals surface area contributed by atoms with Crippen molar-refractivity contribution in [3.8, 4) is 0 Å². The lowest BCUT2D eigenvalue weighted by atomic mass is 10.2. The van der Waals surface area contributed by atoms with Gasteiger partial charge in [0.15, 0.2) is 5.17 Å². The first-order chi connectivity index (χ1) is 8.83. The number of hydrogen-bond acceptors (Lipinski definition) is 3. The number of likely N-dealkylation sites (tertiary alicyclic amines) is 1. The number of amides is 1. The lowest BCUT2D eigenvalue weighted by Crippen LogP contribution is -2.23. The average molecular weight is 339 g/mol. The van der Waals surface area contributed by atoms with Gasteiger partial charge in [0.25, 0.3) is 5.91 Å². The van der Waals surface area contributed by atoms with Crippen LogP contribution in [0, 0.1) is 0 Å². The molecule has 1 aromatic carbocycles. The van der Waals surface area contributed by atoms with Crippen molar-refractivity contribution >= 4 is 45.9 Å². The van der Waals surface area contributed by atoms with Crippen LogP contribution in [0.1, 0.15) is 18.4 Å². The number of thioether (sulfide) groups is 1. The molecule has 19 heavy (non-hydrogen) atoms. The van der Waals surface area contributed by atoms with Gasteiger partial charge >= 0.3 is 0 Å². The van der Waals surface area contributed by atoms with Crippen LogP contribution >= 0.6 is 28.7 Å². The summed E-state index contributed by atoms with van der Waals surface area (Å²) in [6.07, 6.45) is 4.32. The Morgan fingerprint density at radius 2 is 1.84 bits per heavy atom. The Hall–Kier alpha value is -1.07. The van der Waals surface area contributed by atoms with E-state index in [4.69, 9.17) is 0 Å². The van der Waals surface area contributed by atoms with Crippen LogP contribution in [0.25, 0.3) is 6.08 Å². The molecular weight excluding hydrogens is 324 g/mol. The van der Waals surface area contributed by atoms with Crippen LogP contribution in [0.3, 0.4) is 0 Å². The molecule has 3 rings (SSSR count). The van der Waals surface area contributed by atoms with Crippen LogP contribution < -0.4 is 0 Å². The van der Waals surface area contributed by atoms with Crippen molar-refractivity contribution in [1.29, 1.82) is 0 Å². The number of aliphatic imine (C=N–C) groups is 1. The average Bonchev–Trinajstić information content (AvgIpc) is 3.01. The number of halogens is 1. The van der Waals surface area contributed by atoms with Crippen LogP contribution in [-0.2, 0) is 4.79 Å². The van der Waals surface area contributed by atoms with Gasteiger partial charge in [-0.3, -0.25) is 4.79 Å². The number of benzene rings is 1. The van der Waals surface area contributed by atoms with Crippen LogP contribution in [0.4, 0.5) is 0 Å². The Kier molecular flexibility index (Phi) is 4.82. The van der Waals surface area contributed by atoms with E-state index in [0.717, 1.165) is 28.7 Å². The summed E-state index contributed by atoms with van der Waals surface area (Å²) in [5.74, 6) is -0.106. The highest BCUT2D eigenvalue weighted by Gasteiger charge is 2.27. The van der Waals surface area contributed by atoms with Gasteiger partial charge in [-0.15, -0.1) is 17.0 Å². The van der Waals surface area contributed by atoms with Crippen LogP contribution in [0.15, 0.2) is 40.2 Å². The van der Waals surface area contributed by atoms with Crippen molar-refractivity contribution in [1.82, 2.24) is 4.90 Å². The third kappa shape index (κ3) is 3.28. The molecule has 1 aromatic rings. The van der Waals surface area contributed by atoms with Crippen LogP contribution in [-0.4, -0.2) is 29.1 Å². The van der Waals surface area contributed by atoms with E-state index in [0.29, 0.717) is 0 Å². The minimum atomic E-state index is -0.106. The molecule has 0 spiro atoms. The lowest BCUT2D eigenvalue weighted by molar-refractivity contribution is -0.113. The van der Waals surface area contributed by atoms with Crippen molar-refractivity contribution in [3.63, 3.8) is 0 Å². The second-order valence-electron chi connectivity index (χ2n) is 4.42. The second kappa shape index (κ2) is 6.39. The van der Waals surface area contributed by atoms with E-state index in [9.17, 15) is 4.79 Å². The maximum absolute atomic E-state index is 11.8. The molecule has 0 bridgehead atoms. The molecule has 0 saturated carbocycles. The first kappa shape index (κ1) is 14.3. The fourth-order valence-corrected chi connectivity index (χ4v) is 3.11. The summed E-state index contributed by atoms with van der Waals surface area (Å²) in [6, 6.07) is 9.90. The number of carbonyl (C=O) groups is 1. The minimum absolute atomic E-state index is 0. The zero-order valence-electron chi connectivity index (χ0n) is 10.4. The summed E-state index contributed by atoms with van der Waals surface area (Å²) in [4.78, 5) is 18.9. The first-order valence-corrected chi connectivity index (χ1v) is 6.97. The molecule has 1 fully saturated rings. The highest BCUT2D eigenvalue weighted by atomic mass is 79.9. The maximum Gasteiger partial charge on any atom is 0.286 e. The second-order valence-corrected chi connectivity index (χ2v) is 5.42. The fraction of sp³-hybridized carbons (Fsp3) is 0.286. The molecule has 100 valence electrons. The third-order valence-corrected chi connectivity index (χ3v) is 4.13.